The zero-order valence-corrected chi connectivity index (χ0v) is 13.2. The topological polar surface area (TPSA) is 90.6 Å². The minimum atomic E-state index is -0.559. The summed E-state index contributed by atoms with van der Waals surface area (Å²) in [5, 5.41) is 0.313. The van der Waals surface area contributed by atoms with Crippen molar-refractivity contribution < 1.29 is 14.1 Å². The highest BCUT2D eigenvalue weighted by molar-refractivity contribution is 5.96. The van der Waals surface area contributed by atoms with E-state index < -0.39 is 5.97 Å². The van der Waals surface area contributed by atoms with E-state index in [4.69, 9.17) is 10.5 Å². The van der Waals surface area contributed by atoms with Crippen molar-refractivity contribution in [2.75, 3.05) is 12.3 Å². The molecule has 0 spiro atoms. The largest absolute Gasteiger partial charge is 0.462 e. The Balaban J connectivity index is 2.45. The number of aromatic nitrogens is 3. The zero-order valence-electron chi connectivity index (χ0n) is 13.2. The van der Waals surface area contributed by atoms with Crippen LogP contribution < -0.4 is 15.9 Å². The van der Waals surface area contributed by atoms with Gasteiger partial charge in [-0.2, -0.15) is 0 Å². The number of hydrogen-bond acceptors (Lipinski definition) is 5. The Morgan fingerprint density at radius 1 is 1.48 bits per heavy atom. The second-order valence-electron chi connectivity index (χ2n) is 5.26. The molecule has 0 aliphatic heterocycles. The first-order chi connectivity index (χ1) is 11.0. The average Bonchev–Trinajstić information content (AvgIpc) is 2.52. The number of pyridine rings is 2. The summed E-state index contributed by atoms with van der Waals surface area (Å²) >= 11 is 0. The molecule has 0 saturated heterocycles. The number of nitrogen functional groups attached to an aromatic ring is 1. The van der Waals surface area contributed by atoms with Gasteiger partial charge in [-0.15, -0.1) is 0 Å². The number of ether oxygens (including phenoxy) is 1. The molecule has 118 valence electrons. The number of fused-ring (bicyclic) bond motifs is 2. The van der Waals surface area contributed by atoms with Gasteiger partial charge in [-0.3, -0.25) is 9.20 Å². The molecule has 0 aliphatic rings. The van der Waals surface area contributed by atoms with Crippen molar-refractivity contribution in [2.24, 2.45) is 7.05 Å². The number of aryl methyl sites for hydroxylation is 2. The lowest BCUT2D eigenvalue weighted by molar-refractivity contribution is -0.632. The minimum absolute atomic E-state index is 0.161. The summed E-state index contributed by atoms with van der Waals surface area (Å²) in [4.78, 5) is 29.3. The number of nitrogens with zero attached hydrogens (tertiary/aromatic N) is 3. The number of hydrogen-bond donors (Lipinski definition) is 1. The molecule has 3 aromatic heterocycles. The fourth-order valence-electron chi connectivity index (χ4n) is 2.57. The van der Waals surface area contributed by atoms with Crippen molar-refractivity contribution in [1.82, 2.24) is 9.38 Å². The van der Waals surface area contributed by atoms with Crippen molar-refractivity contribution in [3.63, 3.8) is 0 Å². The molecule has 0 saturated carbocycles. The van der Waals surface area contributed by atoms with Crippen molar-refractivity contribution in [3.8, 4) is 0 Å². The Morgan fingerprint density at radius 3 is 2.91 bits per heavy atom. The standard InChI is InChI=1S/C16H16N4O3/c1-4-23-16(22)10-8-11-14(19(3)12(10)17)18-13-9(2)6-5-7-20(13)15(11)21/h5-8,17H,4H2,1-3H3/p+1. The van der Waals surface area contributed by atoms with Crippen LogP contribution >= 0.6 is 0 Å². The Labute approximate surface area is 131 Å². The predicted molar refractivity (Wildman–Crippen MR) is 85.2 cm³/mol. The average molecular weight is 313 g/mol. The molecular weight excluding hydrogens is 296 g/mol. The molecule has 0 radical (unpaired) electrons. The molecule has 0 aromatic carbocycles. The normalized spacial score (nSPS) is 11.1. The summed E-state index contributed by atoms with van der Waals surface area (Å²) in [6.45, 7) is 3.82. The van der Waals surface area contributed by atoms with Gasteiger partial charge in [0.15, 0.2) is 0 Å². The quantitative estimate of drug-likeness (QED) is 0.428. The van der Waals surface area contributed by atoms with Gasteiger partial charge in [-0.1, -0.05) is 11.1 Å². The Kier molecular flexibility index (Phi) is 3.48. The molecule has 0 unspecified atom stereocenters. The van der Waals surface area contributed by atoms with Crippen LogP contribution in [0.15, 0.2) is 29.2 Å². The highest BCUT2D eigenvalue weighted by Gasteiger charge is 2.23. The summed E-state index contributed by atoms with van der Waals surface area (Å²) in [6, 6.07) is 5.11. The second-order valence-corrected chi connectivity index (χ2v) is 5.26. The van der Waals surface area contributed by atoms with Crippen molar-refractivity contribution in [2.45, 2.75) is 13.8 Å². The van der Waals surface area contributed by atoms with E-state index in [9.17, 15) is 9.59 Å². The number of rotatable bonds is 2. The van der Waals surface area contributed by atoms with Gasteiger partial charge in [0.05, 0.1) is 13.7 Å². The molecule has 3 heterocycles. The van der Waals surface area contributed by atoms with Gasteiger partial charge in [0, 0.05) is 11.8 Å². The van der Waals surface area contributed by atoms with Crippen LogP contribution in [0.1, 0.15) is 22.8 Å². The molecule has 23 heavy (non-hydrogen) atoms. The molecule has 7 nitrogen and oxygen atoms in total. The van der Waals surface area contributed by atoms with E-state index in [1.165, 1.54) is 15.0 Å². The summed E-state index contributed by atoms with van der Waals surface area (Å²) < 4.78 is 8.00. The van der Waals surface area contributed by atoms with Crippen LogP contribution in [0, 0.1) is 6.92 Å². The first-order valence-electron chi connectivity index (χ1n) is 7.23. The van der Waals surface area contributed by atoms with Crippen LogP contribution in [0.25, 0.3) is 16.7 Å². The number of anilines is 1. The molecular formula is C16H17N4O3+. The maximum absolute atomic E-state index is 12.8. The maximum Gasteiger partial charge on any atom is 0.344 e. The summed E-state index contributed by atoms with van der Waals surface area (Å²) in [6.07, 6.45) is 1.65. The second kappa shape index (κ2) is 5.35. The van der Waals surface area contributed by atoms with Crippen molar-refractivity contribution in [1.29, 1.82) is 0 Å². The van der Waals surface area contributed by atoms with E-state index in [0.717, 1.165) is 5.56 Å². The third-order valence-electron chi connectivity index (χ3n) is 3.80. The van der Waals surface area contributed by atoms with Gasteiger partial charge >= 0.3 is 5.97 Å². The molecule has 0 fully saturated rings. The summed E-state index contributed by atoms with van der Waals surface area (Å²) in [5.74, 6) is -0.350. The Bertz CT molecular complexity index is 1010. The van der Waals surface area contributed by atoms with Crippen LogP contribution in [0.3, 0.4) is 0 Å². The lowest BCUT2D eigenvalue weighted by Gasteiger charge is -2.08. The summed E-state index contributed by atoms with van der Waals surface area (Å²) in [5.41, 5.74) is 7.79. The monoisotopic (exact) mass is 313 g/mol. The summed E-state index contributed by atoms with van der Waals surface area (Å²) in [7, 11) is 1.67. The third kappa shape index (κ3) is 2.21. The lowest BCUT2D eigenvalue weighted by Crippen LogP contribution is -2.38. The van der Waals surface area contributed by atoms with Crippen LogP contribution in [0.2, 0.25) is 0 Å². The maximum atomic E-state index is 12.8. The molecule has 7 heteroatoms. The first-order valence-corrected chi connectivity index (χ1v) is 7.23. The highest BCUT2D eigenvalue weighted by atomic mass is 16.5. The first kappa shape index (κ1) is 15.0. The lowest BCUT2D eigenvalue weighted by atomic mass is 10.2. The van der Waals surface area contributed by atoms with Gasteiger partial charge in [0.2, 0.25) is 11.5 Å². The zero-order chi connectivity index (χ0) is 16.7. The molecule has 0 amide bonds. The van der Waals surface area contributed by atoms with E-state index in [1.807, 2.05) is 13.0 Å². The highest BCUT2D eigenvalue weighted by Crippen LogP contribution is 2.15. The fraction of sp³-hybridized carbons (Fsp3) is 0.250. The smallest absolute Gasteiger partial charge is 0.344 e. The molecule has 2 N–H and O–H groups in total. The van der Waals surface area contributed by atoms with Crippen LogP contribution in [-0.4, -0.2) is 22.0 Å². The van der Waals surface area contributed by atoms with E-state index in [0.29, 0.717) is 16.7 Å². The number of carbonyl (C=O) groups is 1. The minimum Gasteiger partial charge on any atom is -0.462 e. The number of esters is 1. The van der Waals surface area contributed by atoms with Gasteiger partial charge in [0.25, 0.3) is 11.2 Å². The third-order valence-corrected chi connectivity index (χ3v) is 3.80. The van der Waals surface area contributed by atoms with Crippen LogP contribution in [0.5, 0.6) is 0 Å². The fourth-order valence-corrected chi connectivity index (χ4v) is 2.57. The number of carbonyl (C=O) groups excluding carboxylic acids is 1. The molecule has 3 rings (SSSR count). The van der Waals surface area contributed by atoms with Gasteiger partial charge in [-0.25, -0.2) is 9.36 Å². The molecule has 0 aliphatic carbocycles. The molecule has 0 bridgehead atoms. The van der Waals surface area contributed by atoms with Gasteiger partial charge < -0.3 is 10.5 Å². The Hall–Kier alpha value is -2.96. The molecule has 0 atom stereocenters. The van der Waals surface area contributed by atoms with E-state index >= 15 is 0 Å². The van der Waals surface area contributed by atoms with Crippen LogP contribution in [-0.2, 0) is 11.8 Å². The van der Waals surface area contributed by atoms with E-state index in [2.05, 4.69) is 4.98 Å². The van der Waals surface area contributed by atoms with E-state index in [1.54, 1.807) is 26.2 Å². The van der Waals surface area contributed by atoms with Crippen molar-refractivity contribution in [3.05, 3.63) is 45.9 Å². The van der Waals surface area contributed by atoms with Gasteiger partial charge in [-0.05, 0) is 26.0 Å². The SMILES string of the molecule is CCOC(=O)c1cc2c(=O)n3cccc(C)c3nc2[n+](C)c1N. The van der Waals surface area contributed by atoms with Crippen LogP contribution in [0.4, 0.5) is 5.82 Å². The molecule has 3 aromatic rings. The van der Waals surface area contributed by atoms with E-state index in [-0.39, 0.29) is 23.5 Å². The van der Waals surface area contributed by atoms with Gasteiger partial charge in [0.1, 0.15) is 10.9 Å². The number of nitrogens with two attached hydrogens (primary N) is 1. The van der Waals surface area contributed by atoms with Crippen molar-refractivity contribution >= 4 is 28.5 Å². The Morgan fingerprint density at radius 2 is 2.22 bits per heavy atom. The predicted octanol–water partition coefficient (Wildman–Crippen LogP) is 0.740.